The highest BCUT2D eigenvalue weighted by Crippen LogP contribution is 2.24. The van der Waals surface area contributed by atoms with E-state index < -0.39 is 0 Å². The van der Waals surface area contributed by atoms with E-state index in [1.807, 2.05) is 36.1 Å². The number of benzene rings is 2. The van der Waals surface area contributed by atoms with Crippen LogP contribution in [0.2, 0.25) is 10.0 Å². The Labute approximate surface area is 197 Å². The summed E-state index contributed by atoms with van der Waals surface area (Å²) in [6.07, 6.45) is 5.58. The summed E-state index contributed by atoms with van der Waals surface area (Å²) in [4.78, 5) is 26.8. The van der Waals surface area contributed by atoms with E-state index in [9.17, 15) is 9.59 Å². The number of halogens is 2. The lowest BCUT2D eigenvalue weighted by molar-refractivity contribution is -0.132. The van der Waals surface area contributed by atoms with Crippen molar-refractivity contribution in [3.63, 3.8) is 0 Å². The van der Waals surface area contributed by atoms with Crippen LogP contribution in [-0.2, 0) is 24.3 Å². The minimum atomic E-state index is -0.189. The lowest BCUT2D eigenvalue weighted by atomic mass is 9.96. The van der Waals surface area contributed by atoms with Gasteiger partial charge in [-0.3, -0.25) is 14.3 Å². The van der Waals surface area contributed by atoms with E-state index in [2.05, 4.69) is 10.4 Å². The predicted molar refractivity (Wildman–Crippen MR) is 126 cm³/mol. The summed E-state index contributed by atoms with van der Waals surface area (Å²) in [6, 6.07) is 11.1. The molecule has 1 aliphatic heterocycles. The van der Waals surface area contributed by atoms with Crippen molar-refractivity contribution in [1.29, 1.82) is 0 Å². The van der Waals surface area contributed by atoms with Crippen LogP contribution in [0.5, 0.6) is 0 Å². The number of rotatable bonds is 6. The molecule has 2 aromatic carbocycles. The summed E-state index contributed by atoms with van der Waals surface area (Å²) in [5.74, 6) is 0.00392. The normalized spacial score (nSPS) is 13.0. The quantitative estimate of drug-likeness (QED) is 0.539. The van der Waals surface area contributed by atoms with E-state index in [0.29, 0.717) is 47.4 Å². The van der Waals surface area contributed by atoms with E-state index >= 15 is 0 Å². The SMILES string of the molecule is CCCC(=O)N1CCc2cc(C(=O)Nc3cnn(Cc4ccc(Cl)c(Cl)c4)c3)ccc2C1. The zero-order valence-electron chi connectivity index (χ0n) is 17.8. The van der Waals surface area contributed by atoms with Crippen molar-refractivity contribution in [1.82, 2.24) is 14.7 Å². The van der Waals surface area contributed by atoms with Crippen molar-refractivity contribution in [2.24, 2.45) is 0 Å². The lowest BCUT2D eigenvalue weighted by Gasteiger charge is -2.29. The van der Waals surface area contributed by atoms with Crippen LogP contribution in [0.25, 0.3) is 0 Å². The molecule has 1 aliphatic rings. The topological polar surface area (TPSA) is 67.2 Å². The van der Waals surface area contributed by atoms with Crippen LogP contribution in [-0.4, -0.2) is 33.0 Å². The Bertz CT molecular complexity index is 1160. The lowest BCUT2D eigenvalue weighted by Crippen LogP contribution is -2.35. The molecule has 8 heteroatoms. The van der Waals surface area contributed by atoms with Gasteiger partial charge in [-0.05, 0) is 53.8 Å². The maximum absolute atomic E-state index is 12.8. The van der Waals surface area contributed by atoms with Gasteiger partial charge in [0.25, 0.3) is 5.91 Å². The average Bonchev–Trinajstić information content (AvgIpc) is 3.22. The van der Waals surface area contributed by atoms with E-state index in [4.69, 9.17) is 23.2 Å². The van der Waals surface area contributed by atoms with Crippen LogP contribution in [0.3, 0.4) is 0 Å². The van der Waals surface area contributed by atoms with E-state index in [1.165, 1.54) is 0 Å². The highest BCUT2D eigenvalue weighted by Gasteiger charge is 2.21. The zero-order valence-corrected chi connectivity index (χ0v) is 19.3. The second-order valence-corrected chi connectivity index (χ2v) is 8.74. The molecule has 1 aromatic heterocycles. The van der Waals surface area contributed by atoms with Gasteiger partial charge in [-0.2, -0.15) is 5.10 Å². The molecule has 0 saturated heterocycles. The minimum Gasteiger partial charge on any atom is -0.338 e. The number of amides is 2. The second kappa shape index (κ2) is 9.76. The van der Waals surface area contributed by atoms with E-state index in [-0.39, 0.29) is 11.8 Å². The van der Waals surface area contributed by atoms with Gasteiger partial charge in [-0.25, -0.2) is 0 Å². The molecule has 0 radical (unpaired) electrons. The first kappa shape index (κ1) is 22.4. The fraction of sp³-hybridized carbons (Fsp3) is 0.292. The molecule has 0 fully saturated rings. The fourth-order valence-corrected chi connectivity index (χ4v) is 4.14. The smallest absolute Gasteiger partial charge is 0.255 e. The maximum atomic E-state index is 12.8. The number of nitrogens with one attached hydrogen (secondary N) is 1. The molecule has 1 N–H and O–H groups in total. The van der Waals surface area contributed by atoms with Gasteiger partial charge in [0.05, 0.1) is 28.5 Å². The van der Waals surface area contributed by atoms with Crippen LogP contribution in [0, 0.1) is 0 Å². The number of aromatic nitrogens is 2. The summed E-state index contributed by atoms with van der Waals surface area (Å²) >= 11 is 12.0. The van der Waals surface area contributed by atoms with Crippen LogP contribution in [0.15, 0.2) is 48.8 Å². The van der Waals surface area contributed by atoms with Crippen molar-refractivity contribution in [2.75, 3.05) is 11.9 Å². The van der Waals surface area contributed by atoms with Crippen molar-refractivity contribution in [3.8, 4) is 0 Å². The van der Waals surface area contributed by atoms with Crippen molar-refractivity contribution < 1.29 is 9.59 Å². The molecule has 166 valence electrons. The Morgan fingerprint density at radius 1 is 1.09 bits per heavy atom. The number of anilines is 1. The summed E-state index contributed by atoms with van der Waals surface area (Å²) < 4.78 is 1.73. The standard InChI is InChI=1S/C24H24Cl2N4O2/c1-2-3-23(31)29-9-8-17-11-18(5-6-19(17)14-29)24(32)28-20-12-27-30(15-20)13-16-4-7-21(25)22(26)10-16/h4-7,10-12,15H,2-3,8-9,13-14H2,1H3,(H,28,32). The predicted octanol–water partition coefficient (Wildman–Crippen LogP) is 5.18. The Morgan fingerprint density at radius 3 is 2.72 bits per heavy atom. The Balaban J connectivity index is 1.39. The Kier molecular flexibility index (Phi) is 6.82. The molecule has 0 saturated carbocycles. The van der Waals surface area contributed by atoms with Crippen molar-refractivity contribution in [3.05, 3.63) is 81.1 Å². The average molecular weight is 471 g/mol. The molecular formula is C24H24Cl2N4O2. The molecule has 0 spiro atoms. The monoisotopic (exact) mass is 470 g/mol. The van der Waals surface area contributed by atoms with Gasteiger partial charge in [0.15, 0.2) is 0 Å². The number of fused-ring (bicyclic) bond motifs is 1. The number of hydrogen-bond donors (Lipinski definition) is 1. The van der Waals surface area contributed by atoms with Crippen LogP contribution in [0.1, 0.15) is 46.8 Å². The molecular weight excluding hydrogens is 447 g/mol. The van der Waals surface area contributed by atoms with E-state index in [0.717, 1.165) is 29.5 Å². The maximum Gasteiger partial charge on any atom is 0.255 e. The highest BCUT2D eigenvalue weighted by atomic mass is 35.5. The third kappa shape index (κ3) is 5.14. The van der Waals surface area contributed by atoms with E-state index in [1.54, 1.807) is 29.2 Å². The van der Waals surface area contributed by atoms with Crippen LogP contribution >= 0.6 is 23.2 Å². The molecule has 32 heavy (non-hydrogen) atoms. The molecule has 0 bridgehead atoms. The molecule has 0 atom stereocenters. The largest absolute Gasteiger partial charge is 0.338 e. The third-order valence-corrected chi connectivity index (χ3v) is 6.26. The molecule has 2 amide bonds. The highest BCUT2D eigenvalue weighted by molar-refractivity contribution is 6.42. The van der Waals surface area contributed by atoms with Crippen molar-refractivity contribution >= 4 is 40.7 Å². The van der Waals surface area contributed by atoms with Crippen molar-refractivity contribution in [2.45, 2.75) is 39.3 Å². The first-order chi connectivity index (χ1) is 15.4. The number of nitrogens with zero attached hydrogens (tertiary/aromatic N) is 3. The first-order valence-corrected chi connectivity index (χ1v) is 11.4. The van der Waals surface area contributed by atoms with Gasteiger partial charge < -0.3 is 10.2 Å². The Hall–Kier alpha value is -2.83. The first-order valence-electron chi connectivity index (χ1n) is 10.6. The third-order valence-electron chi connectivity index (χ3n) is 5.52. The molecule has 4 rings (SSSR count). The van der Waals surface area contributed by atoms with Gasteiger partial charge in [0.2, 0.25) is 5.91 Å². The van der Waals surface area contributed by atoms with Gasteiger partial charge >= 0.3 is 0 Å². The van der Waals surface area contributed by atoms with Gasteiger partial charge in [-0.15, -0.1) is 0 Å². The van der Waals surface area contributed by atoms with Gasteiger partial charge in [-0.1, -0.05) is 42.3 Å². The summed E-state index contributed by atoms with van der Waals surface area (Å²) in [7, 11) is 0. The molecule has 6 nitrogen and oxygen atoms in total. The van der Waals surface area contributed by atoms with Gasteiger partial charge in [0, 0.05) is 31.3 Å². The van der Waals surface area contributed by atoms with Crippen LogP contribution < -0.4 is 5.32 Å². The molecule has 2 heterocycles. The second-order valence-electron chi connectivity index (χ2n) is 7.93. The zero-order chi connectivity index (χ0) is 22.7. The summed E-state index contributed by atoms with van der Waals surface area (Å²) in [5.41, 5.74) is 4.39. The fourth-order valence-electron chi connectivity index (χ4n) is 3.82. The number of hydrogen-bond acceptors (Lipinski definition) is 3. The molecule has 0 unspecified atom stereocenters. The number of carbonyl (C=O) groups is 2. The molecule has 3 aromatic rings. The van der Waals surface area contributed by atoms with Crippen LogP contribution in [0.4, 0.5) is 5.69 Å². The summed E-state index contributed by atoms with van der Waals surface area (Å²) in [5, 5.41) is 8.21. The Morgan fingerprint density at radius 2 is 1.94 bits per heavy atom. The summed E-state index contributed by atoms with van der Waals surface area (Å²) in [6.45, 7) is 3.83. The molecule has 0 aliphatic carbocycles. The number of carbonyl (C=O) groups excluding carboxylic acids is 2. The minimum absolute atomic E-state index is 0.189. The van der Waals surface area contributed by atoms with Gasteiger partial charge in [0.1, 0.15) is 0 Å².